The first-order chi connectivity index (χ1) is 28.2. The van der Waals surface area contributed by atoms with Gasteiger partial charge < -0.3 is 14.2 Å². The number of benzene rings is 7. The van der Waals surface area contributed by atoms with Crippen LogP contribution in [0, 0.1) is 0 Å². The Morgan fingerprint density at radius 3 is 1.51 bits per heavy atom. The zero-order valence-electron chi connectivity index (χ0n) is 30.6. The van der Waals surface area contributed by atoms with Gasteiger partial charge in [0.05, 0.1) is 12.7 Å². The summed E-state index contributed by atoms with van der Waals surface area (Å²) in [5.74, 6) is 0.990. The van der Waals surface area contributed by atoms with Crippen molar-refractivity contribution in [1.82, 2.24) is 10.3 Å². The van der Waals surface area contributed by atoms with Crippen LogP contribution >= 0.6 is 11.3 Å². The van der Waals surface area contributed by atoms with Gasteiger partial charge in [0.25, 0.3) is 0 Å². The predicted octanol–water partition coefficient (Wildman–Crippen LogP) is 14.5. The quantitative estimate of drug-likeness (QED) is 0.190. The molecular weight excluding hydrogens is 717 g/mol. The number of thiophene rings is 1. The number of hydrogen-bond donors (Lipinski definition) is 1. The Labute approximate surface area is 332 Å². The maximum Gasteiger partial charge on any atom is 0.153 e. The number of hydrogen-bond acceptors (Lipinski definition) is 5. The van der Waals surface area contributed by atoms with Crippen LogP contribution in [0.15, 0.2) is 179 Å². The molecule has 4 aromatic heterocycles. The lowest BCUT2D eigenvalue weighted by atomic mass is 9.95. The van der Waals surface area contributed by atoms with E-state index in [0.717, 1.165) is 50.8 Å². The standard InChI is InChI=1S/C52H32N2O2S/c1-4-31(22-33(6-1)37-10-14-47-43(25-37)41-18-20-53-29-49(41)55-47)32-5-2-8-35(23-32)39-12-16-51-45(27-39)46-28-40(13-17-52(46)57-51)36-9-3-7-34(24-36)38-11-15-48-44(26-38)42-19-21-54-30-50(42)56-48/h1-29,54H,30H2. The number of furan rings is 2. The van der Waals surface area contributed by atoms with Crippen molar-refractivity contribution >= 4 is 70.5 Å². The largest absolute Gasteiger partial charge is 0.459 e. The average Bonchev–Trinajstić information content (AvgIpc) is 3.96. The number of nitrogens with one attached hydrogen (secondary N) is 1. The molecule has 12 rings (SSSR count). The van der Waals surface area contributed by atoms with Crippen LogP contribution in [0.1, 0.15) is 11.3 Å². The van der Waals surface area contributed by atoms with E-state index in [1.54, 1.807) is 6.20 Å². The molecule has 1 aliphatic rings. The van der Waals surface area contributed by atoms with E-state index in [-0.39, 0.29) is 0 Å². The molecule has 0 amide bonds. The molecule has 0 aliphatic carbocycles. The molecule has 11 aromatic rings. The maximum atomic E-state index is 6.13. The molecule has 57 heavy (non-hydrogen) atoms. The summed E-state index contributed by atoms with van der Waals surface area (Å²) >= 11 is 1.86. The van der Waals surface area contributed by atoms with Crippen LogP contribution in [0.25, 0.3) is 115 Å². The van der Waals surface area contributed by atoms with E-state index in [1.165, 1.54) is 75.8 Å². The van der Waals surface area contributed by atoms with Gasteiger partial charge in [-0.05, 0) is 141 Å². The smallest absolute Gasteiger partial charge is 0.153 e. The topological polar surface area (TPSA) is 51.2 Å². The van der Waals surface area contributed by atoms with Crippen molar-refractivity contribution in [3.05, 3.63) is 182 Å². The second kappa shape index (κ2) is 12.7. The van der Waals surface area contributed by atoms with Gasteiger partial charge in [0.2, 0.25) is 0 Å². The fourth-order valence-corrected chi connectivity index (χ4v) is 9.60. The maximum absolute atomic E-state index is 6.13. The minimum Gasteiger partial charge on any atom is -0.459 e. The Balaban J connectivity index is 0.877. The van der Waals surface area contributed by atoms with Crippen LogP contribution in [-0.2, 0) is 6.54 Å². The molecule has 5 heterocycles. The lowest BCUT2D eigenvalue weighted by Crippen LogP contribution is -2.07. The number of fused-ring (bicyclic) bond motifs is 9. The van der Waals surface area contributed by atoms with Crippen molar-refractivity contribution in [2.75, 3.05) is 0 Å². The molecule has 7 aromatic carbocycles. The monoisotopic (exact) mass is 748 g/mol. The van der Waals surface area contributed by atoms with Crippen molar-refractivity contribution in [3.8, 4) is 55.6 Å². The molecule has 0 spiro atoms. The first kappa shape index (κ1) is 32.1. The number of nitrogens with zero attached hydrogens (tertiary/aromatic N) is 1. The highest BCUT2D eigenvalue weighted by Crippen LogP contribution is 2.41. The molecule has 0 saturated heterocycles. The molecule has 0 radical (unpaired) electrons. The Morgan fingerprint density at radius 2 is 0.930 bits per heavy atom. The van der Waals surface area contributed by atoms with Gasteiger partial charge in [0.1, 0.15) is 16.9 Å². The van der Waals surface area contributed by atoms with Crippen LogP contribution in [0.4, 0.5) is 0 Å². The summed E-state index contributed by atoms with van der Waals surface area (Å²) in [4.78, 5) is 4.23. The highest BCUT2D eigenvalue weighted by molar-refractivity contribution is 7.25. The fourth-order valence-electron chi connectivity index (χ4n) is 8.54. The van der Waals surface area contributed by atoms with E-state index in [4.69, 9.17) is 8.83 Å². The van der Waals surface area contributed by atoms with Gasteiger partial charge >= 0.3 is 0 Å². The second-order valence-electron chi connectivity index (χ2n) is 14.8. The number of rotatable bonds is 5. The minimum atomic E-state index is 0.718. The van der Waals surface area contributed by atoms with Crippen LogP contribution in [0.5, 0.6) is 0 Å². The third-order valence-electron chi connectivity index (χ3n) is 11.4. The molecule has 0 bridgehead atoms. The van der Waals surface area contributed by atoms with E-state index >= 15 is 0 Å². The summed E-state index contributed by atoms with van der Waals surface area (Å²) in [7, 11) is 0. The van der Waals surface area contributed by atoms with Crippen molar-refractivity contribution in [3.63, 3.8) is 0 Å². The van der Waals surface area contributed by atoms with E-state index in [9.17, 15) is 0 Å². The number of pyridine rings is 1. The zero-order chi connectivity index (χ0) is 37.5. The molecule has 268 valence electrons. The van der Waals surface area contributed by atoms with E-state index in [2.05, 4.69) is 162 Å². The molecule has 0 saturated carbocycles. The molecule has 1 N–H and O–H groups in total. The third-order valence-corrected chi connectivity index (χ3v) is 12.6. The first-order valence-electron chi connectivity index (χ1n) is 19.2. The van der Waals surface area contributed by atoms with Crippen LogP contribution in [-0.4, -0.2) is 4.98 Å². The molecule has 0 unspecified atom stereocenters. The number of aromatic nitrogens is 1. The lowest BCUT2D eigenvalue weighted by Gasteiger charge is -2.09. The Morgan fingerprint density at radius 1 is 0.439 bits per heavy atom. The predicted molar refractivity (Wildman–Crippen MR) is 237 cm³/mol. The second-order valence-corrected chi connectivity index (χ2v) is 15.9. The zero-order valence-corrected chi connectivity index (χ0v) is 31.4. The summed E-state index contributed by atoms with van der Waals surface area (Å²) in [6, 6.07) is 55.4. The summed E-state index contributed by atoms with van der Waals surface area (Å²) < 4.78 is 14.8. The minimum absolute atomic E-state index is 0.718. The van der Waals surface area contributed by atoms with E-state index in [0.29, 0.717) is 0 Å². The Bertz CT molecular complexity index is 3440. The Kier molecular flexibility index (Phi) is 7.13. The van der Waals surface area contributed by atoms with Gasteiger partial charge in [0.15, 0.2) is 5.58 Å². The van der Waals surface area contributed by atoms with Gasteiger partial charge in [-0.25, -0.2) is 0 Å². The van der Waals surface area contributed by atoms with E-state index in [1.807, 2.05) is 29.8 Å². The molecule has 4 nitrogen and oxygen atoms in total. The van der Waals surface area contributed by atoms with Crippen molar-refractivity contribution in [1.29, 1.82) is 0 Å². The molecular formula is C52H32N2O2S. The van der Waals surface area contributed by atoms with Gasteiger partial charge in [-0.2, -0.15) is 0 Å². The van der Waals surface area contributed by atoms with Gasteiger partial charge in [-0.3, -0.25) is 4.98 Å². The normalized spacial score (nSPS) is 12.6. The Hall–Kier alpha value is -7.21. The van der Waals surface area contributed by atoms with Crippen molar-refractivity contribution in [2.24, 2.45) is 0 Å². The molecule has 1 aliphatic heterocycles. The van der Waals surface area contributed by atoms with Crippen molar-refractivity contribution in [2.45, 2.75) is 6.54 Å². The summed E-state index contributed by atoms with van der Waals surface area (Å²) in [6.07, 6.45) is 7.71. The molecule has 5 heteroatoms. The van der Waals surface area contributed by atoms with Gasteiger partial charge in [-0.1, -0.05) is 78.9 Å². The SMILES string of the molecule is C1=Cc2c(oc3ccc(-c4cccc(-c5ccc6sc7ccc(-c8cccc(-c9cccc(-c%10ccc%11oc%12cnccc%12c%11c%10)c9)c8)cc7c6c5)c4)cc23)CN1. The van der Waals surface area contributed by atoms with Crippen LogP contribution in [0.3, 0.4) is 0 Å². The summed E-state index contributed by atoms with van der Waals surface area (Å²) in [5.41, 5.74) is 15.7. The summed E-state index contributed by atoms with van der Waals surface area (Å²) in [6.45, 7) is 0.718. The van der Waals surface area contributed by atoms with Crippen LogP contribution < -0.4 is 5.32 Å². The first-order valence-corrected chi connectivity index (χ1v) is 20.0. The molecule has 0 atom stereocenters. The van der Waals surface area contributed by atoms with Gasteiger partial charge in [-0.15, -0.1) is 11.3 Å². The fraction of sp³-hybridized carbons (Fsp3) is 0.0192. The highest BCUT2D eigenvalue weighted by atomic mass is 32.1. The van der Waals surface area contributed by atoms with Gasteiger partial charge in [0, 0.05) is 48.1 Å². The highest BCUT2D eigenvalue weighted by Gasteiger charge is 2.16. The lowest BCUT2D eigenvalue weighted by molar-refractivity contribution is 0.532. The van der Waals surface area contributed by atoms with E-state index < -0.39 is 0 Å². The van der Waals surface area contributed by atoms with Crippen LogP contribution in [0.2, 0.25) is 0 Å². The average molecular weight is 749 g/mol. The third kappa shape index (κ3) is 5.39. The molecule has 0 fully saturated rings. The summed E-state index contributed by atoms with van der Waals surface area (Å²) in [5, 5.41) is 9.17. The van der Waals surface area contributed by atoms with Crippen molar-refractivity contribution < 1.29 is 8.83 Å².